The van der Waals surface area contributed by atoms with Gasteiger partial charge in [-0.05, 0) is 79.6 Å². The SMILES string of the molecule is CC12CCC(=O)C=C1CCC1C2CCC2(C)C(OP(=O)(O)C=O)CCC12. The minimum Gasteiger partial charge on any atom is -0.319 e. The summed E-state index contributed by atoms with van der Waals surface area (Å²) in [5.74, 6) is 1.90. The van der Waals surface area contributed by atoms with Gasteiger partial charge < -0.3 is 4.89 Å². The van der Waals surface area contributed by atoms with Crippen molar-refractivity contribution in [3.8, 4) is 0 Å². The number of hydrogen-bond acceptors (Lipinski definition) is 4. The van der Waals surface area contributed by atoms with Crippen molar-refractivity contribution < 1.29 is 23.6 Å². The molecule has 7 atom stereocenters. The van der Waals surface area contributed by atoms with Gasteiger partial charge >= 0.3 is 7.60 Å². The molecule has 0 aromatic heterocycles. The van der Waals surface area contributed by atoms with E-state index in [0.717, 1.165) is 44.9 Å². The monoisotopic (exact) mass is 380 g/mol. The van der Waals surface area contributed by atoms with Gasteiger partial charge in [-0.2, -0.15) is 0 Å². The Hall–Kier alpha value is -0.770. The molecule has 0 aliphatic heterocycles. The summed E-state index contributed by atoms with van der Waals surface area (Å²) >= 11 is 0. The van der Waals surface area contributed by atoms with Crippen LogP contribution in [0.15, 0.2) is 11.6 Å². The van der Waals surface area contributed by atoms with Crippen LogP contribution in [-0.2, 0) is 18.7 Å². The fourth-order valence-corrected chi connectivity index (χ4v) is 7.65. The lowest BCUT2D eigenvalue weighted by Crippen LogP contribution is -2.51. The highest BCUT2D eigenvalue weighted by atomic mass is 31.2. The highest BCUT2D eigenvalue weighted by molar-refractivity contribution is 7.68. The lowest BCUT2D eigenvalue weighted by atomic mass is 9.47. The topological polar surface area (TPSA) is 80.7 Å². The van der Waals surface area contributed by atoms with Crippen LogP contribution in [0.3, 0.4) is 0 Å². The molecular weight excluding hydrogens is 351 g/mol. The van der Waals surface area contributed by atoms with Crippen LogP contribution in [0.25, 0.3) is 0 Å². The number of carbonyl (C=O) groups excluding carboxylic acids is 2. The summed E-state index contributed by atoms with van der Waals surface area (Å²) in [7, 11) is -4.14. The Morgan fingerprint density at radius 2 is 1.92 bits per heavy atom. The third-order valence-corrected chi connectivity index (χ3v) is 9.11. The van der Waals surface area contributed by atoms with Crippen LogP contribution in [0.2, 0.25) is 0 Å². The van der Waals surface area contributed by atoms with Gasteiger partial charge in [-0.25, -0.2) is 0 Å². The molecule has 0 aromatic rings. The van der Waals surface area contributed by atoms with Crippen molar-refractivity contribution in [3.63, 3.8) is 0 Å². The number of fused-ring (bicyclic) bond motifs is 5. The number of rotatable bonds is 3. The van der Waals surface area contributed by atoms with E-state index in [1.54, 1.807) is 0 Å². The van der Waals surface area contributed by atoms with Gasteiger partial charge in [0.1, 0.15) is 0 Å². The molecule has 0 radical (unpaired) electrons. The first-order chi connectivity index (χ1) is 12.2. The molecule has 26 heavy (non-hydrogen) atoms. The Balaban J connectivity index is 1.60. The molecule has 0 amide bonds. The standard InChI is InChI=1S/C20H29O5P/c1-19-9-7-14(22)11-13(19)3-4-15-16-5-6-18(25-26(23,24)12-21)20(16,2)10-8-17(15)19/h11-12,15-18H,3-10H2,1-2H3,(H,23,24). The van der Waals surface area contributed by atoms with E-state index >= 15 is 0 Å². The molecule has 0 bridgehead atoms. The second-order valence-electron chi connectivity index (χ2n) is 9.35. The zero-order valence-corrected chi connectivity index (χ0v) is 16.5. The number of carbonyl (C=O) groups is 2. The van der Waals surface area contributed by atoms with Crippen LogP contribution in [0, 0.1) is 28.6 Å². The van der Waals surface area contributed by atoms with Gasteiger partial charge in [0.05, 0.1) is 6.10 Å². The molecule has 5 nitrogen and oxygen atoms in total. The fraction of sp³-hybridized carbons (Fsp3) is 0.800. The van der Waals surface area contributed by atoms with E-state index in [4.69, 9.17) is 4.52 Å². The van der Waals surface area contributed by atoms with E-state index in [2.05, 4.69) is 13.8 Å². The van der Waals surface area contributed by atoms with Crippen molar-refractivity contribution in [1.29, 1.82) is 0 Å². The summed E-state index contributed by atoms with van der Waals surface area (Å²) in [5, 5.41) is 0. The van der Waals surface area contributed by atoms with Gasteiger partial charge in [0.15, 0.2) is 5.78 Å². The van der Waals surface area contributed by atoms with Crippen LogP contribution in [-0.4, -0.2) is 22.8 Å². The average molecular weight is 380 g/mol. The van der Waals surface area contributed by atoms with Gasteiger partial charge in [-0.15, -0.1) is 0 Å². The van der Waals surface area contributed by atoms with Gasteiger partial charge in [-0.3, -0.25) is 18.7 Å². The molecule has 3 fully saturated rings. The van der Waals surface area contributed by atoms with Gasteiger partial charge in [-0.1, -0.05) is 19.4 Å². The summed E-state index contributed by atoms with van der Waals surface area (Å²) in [6, 6.07) is 0.0626. The first-order valence-corrected chi connectivity index (χ1v) is 11.6. The first-order valence-electron chi connectivity index (χ1n) is 9.91. The van der Waals surface area contributed by atoms with Crippen molar-refractivity contribution in [1.82, 2.24) is 0 Å². The number of allylic oxidation sites excluding steroid dienone is 1. The average Bonchev–Trinajstić information content (AvgIpc) is 2.92. The van der Waals surface area contributed by atoms with Crippen molar-refractivity contribution in [2.45, 2.75) is 71.3 Å². The summed E-state index contributed by atoms with van der Waals surface area (Å²) < 4.78 is 17.3. The second-order valence-corrected chi connectivity index (χ2v) is 10.9. The molecule has 7 unspecified atom stereocenters. The zero-order valence-electron chi connectivity index (χ0n) is 15.6. The van der Waals surface area contributed by atoms with Gasteiger partial charge in [0, 0.05) is 6.42 Å². The Morgan fingerprint density at radius 3 is 2.65 bits per heavy atom. The maximum Gasteiger partial charge on any atom is 0.391 e. The van der Waals surface area contributed by atoms with E-state index in [9.17, 15) is 19.0 Å². The van der Waals surface area contributed by atoms with E-state index in [-0.39, 0.29) is 28.7 Å². The third-order valence-electron chi connectivity index (χ3n) is 8.29. The van der Waals surface area contributed by atoms with E-state index < -0.39 is 7.60 Å². The summed E-state index contributed by atoms with van der Waals surface area (Å²) in [6.45, 7) is 4.54. The largest absolute Gasteiger partial charge is 0.391 e. The molecule has 4 rings (SSSR count). The van der Waals surface area contributed by atoms with Crippen molar-refractivity contribution in [2.24, 2.45) is 28.6 Å². The summed E-state index contributed by atoms with van der Waals surface area (Å²) in [5.41, 5.74) is 1.35. The van der Waals surface area contributed by atoms with Crippen LogP contribution < -0.4 is 0 Å². The molecule has 4 aliphatic carbocycles. The van der Waals surface area contributed by atoms with E-state index in [0.29, 0.717) is 24.2 Å². The van der Waals surface area contributed by atoms with Crippen molar-refractivity contribution in [2.75, 3.05) is 0 Å². The van der Waals surface area contributed by atoms with Crippen LogP contribution in [0.5, 0.6) is 0 Å². The highest BCUT2D eigenvalue weighted by Gasteiger charge is 2.60. The van der Waals surface area contributed by atoms with E-state index in [1.807, 2.05) is 6.08 Å². The molecule has 144 valence electrons. The number of hydrogen-bond donors (Lipinski definition) is 1. The summed E-state index contributed by atoms with van der Waals surface area (Å²) in [4.78, 5) is 32.4. The Kier molecular flexibility index (Phi) is 4.37. The molecular formula is C20H29O5P. The minimum absolute atomic E-state index is 0.0626. The Bertz CT molecular complexity index is 715. The predicted molar refractivity (Wildman–Crippen MR) is 98.2 cm³/mol. The molecule has 0 aromatic carbocycles. The van der Waals surface area contributed by atoms with E-state index in [1.165, 1.54) is 5.57 Å². The molecule has 1 N–H and O–H groups in total. The highest BCUT2D eigenvalue weighted by Crippen LogP contribution is 2.66. The van der Waals surface area contributed by atoms with Gasteiger partial charge in [0.25, 0.3) is 0 Å². The lowest BCUT2D eigenvalue weighted by molar-refractivity contribution is -0.117. The van der Waals surface area contributed by atoms with Crippen molar-refractivity contribution in [3.05, 3.63) is 11.6 Å². The van der Waals surface area contributed by atoms with Gasteiger partial charge in [0.2, 0.25) is 6.03 Å². The molecule has 0 heterocycles. The van der Waals surface area contributed by atoms with Crippen LogP contribution >= 0.6 is 7.60 Å². The van der Waals surface area contributed by atoms with Crippen LogP contribution in [0.1, 0.15) is 65.2 Å². The maximum absolute atomic E-state index is 11.9. The molecule has 0 spiro atoms. The molecule has 0 saturated heterocycles. The Labute approximate surface area is 155 Å². The fourth-order valence-electron chi connectivity index (χ4n) is 6.89. The normalized spacial score (nSPS) is 47.2. The quantitative estimate of drug-likeness (QED) is 0.584. The molecule has 4 aliphatic rings. The molecule has 6 heteroatoms. The smallest absolute Gasteiger partial charge is 0.319 e. The second kappa shape index (κ2) is 6.12. The Morgan fingerprint density at radius 1 is 1.15 bits per heavy atom. The maximum atomic E-state index is 11.9. The molecule has 3 saturated carbocycles. The number of ketones is 1. The minimum atomic E-state index is -4.14. The van der Waals surface area contributed by atoms with Crippen molar-refractivity contribution >= 4 is 19.4 Å². The third kappa shape index (κ3) is 2.70. The first kappa shape index (κ1) is 18.6. The van der Waals surface area contributed by atoms with Crippen LogP contribution in [0.4, 0.5) is 0 Å². The lowest BCUT2D eigenvalue weighted by Gasteiger charge is -2.57. The predicted octanol–water partition coefficient (Wildman–Crippen LogP) is 4.28. The zero-order chi connectivity index (χ0) is 18.7. The summed E-state index contributed by atoms with van der Waals surface area (Å²) in [6.07, 6.45) is 9.08.